The molecule has 1 aliphatic rings. The van der Waals surface area contributed by atoms with E-state index in [1.54, 1.807) is 10.4 Å². The zero-order valence-corrected chi connectivity index (χ0v) is 26.4. The summed E-state index contributed by atoms with van der Waals surface area (Å²) in [5.74, 6) is 0.725. The molecule has 0 aliphatic carbocycles. The molecule has 214 valence electrons. The molecule has 0 N–H and O–H groups in total. The maximum absolute atomic E-state index is 4.99. The van der Waals surface area contributed by atoms with Gasteiger partial charge in [0.05, 0.1) is 11.4 Å². The Bertz CT molecular complexity index is 2090. The molecule has 8 rings (SSSR count). The summed E-state index contributed by atoms with van der Waals surface area (Å²) in [4.78, 5) is 9.99. The minimum Gasteiger partial charge on any atom is -0.228 e. The second kappa shape index (κ2) is 11.0. The smallest absolute Gasteiger partial charge is 0.160 e. The molecule has 6 aromatic carbocycles. The van der Waals surface area contributed by atoms with Gasteiger partial charge in [-0.3, -0.25) is 0 Å². The first-order valence-electron chi connectivity index (χ1n) is 15.5. The SMILES string of the molecule is C[Si]1(C)c2ccccc2-c2cccc(-c3ccc(-c4ccc(-c5nc(-c6ccccc6)cc(-c6ccccc6)n5)cc4)cc3)c21. The average Bonchev–Trinajstić information content (AvgIpc) is 3.35. The van der Waals surface area contributed by atoms with Crippen LogP contribution in [0.5, 0.6) is 0 Å². The van der Waals surface area contributed by atoms with E-state index in [2.05, 4.69) is 134 Å². The van der Waals surface area contributed by atoms with Crippen LogP contribution in [-0.4, -0.2) is 18.0 Å². The van der Waals surface area contributed by atoms with Gasteiger partial charge in [-0.05, 0) is 49.8 Å². The van der Waals surface area contributed by atoms with Crippen LogP contribution in [0.15, 0.2) is 158 Å². The van der Waals surface area contributed by atoms with E-state index in [0.717, 1.165) is 33.9 Å². The van der Waals surface area contributed by atoms with Crippen LogP contribution in [0, 0.1) is 0 Å². The molecule has 2 nitrogen and oxygen atoms in total. The van der Waals surface area contributed by atoms with Crippen LogP contribution in [0.1, 0.15) is 0 Å². The summed E-state index contributed by atoms with van der Waals surface area (Å²) < 4.78 is 0. The van der Waals surface area contributed by atoms with E-state index in [4.69, 9.17) is 9.97 Å². The Morgan fingerprint density at radius 3 is 1.44 bits per heavy atom. The lowest BCUT2D eigenvalue weighted by molar-refractivity contribution is 1.18. The van der Waals surface area contributed by atoms with Crippen molar-refractivity contribution in [2.45, 2.75) is 13.1 Å². The van der Waals surface area contributed by atoms with Gasteiger partial charge in [0.25, 0.3) is 0 Å². The van der Waals surface area contributed by atoms with Gasteiger partial charge in [-0.1, -0.05) is 165 Å². The number of nitrogens with zero attached hydrogens (tertiary/aromatic N) is 2. The Labute approximate surface area is 265 Å². The molecule has 45 heavy (non-hydrogen) atoms. The molecule has 1 aliphatic heterocycles. The molecular weight excluding hydrogens is 561 g/mol. The van der Waals surface area contributed by atoms with Gasteiger partial charge in [-0.15, -0.1) is 0 Å². The Balaban J connectivity index is 1.12. The zero-order chi connectivity index (χ0) is 30.4. The minimum atomic E-state index is -1.79. The number of hydrogen-bond acceptors (Lipinski definition) is 2. The molecule has 3 heteroatoms. The van der Waals surface area contributed by atoms with Crippen LogP contribution in [0.4, 0.5) is 0 Å². The summed E-state index contributed by atoms with van der Waals surface area (Å²) in [7, 11) is -1.79. The molecule has 2 heterocycles. The minimum absolute atomic E-state index is 0.725. The largest absolute Gasteiger partial charge is 0.228 e. The molecule has 0 saturated carbocycles. The fraction of sp³-hybridized carbons (Fsp3) is 0.0476. The van der Waals surface area contributed by atoms with Gasteiger partial charge in [0, 0.05) is 16.7 Å². The molecule has 0 amide bonds. The van der Waals surface area contributed by atoms with Gasteiger partial charge in [-0.2, -0.15) is 0 Å². The van der Waals surface area contributed by atoms with Crippen LogP contribution >= 0.6 is 0 Å². The summed E-state index contributed by atoms with van der Waals surface area (Å²) in [6, 6.07) is 56.2. The fourth-order valence-electron chi connectivity index (χ4n) is 6.83. The van der Waals surface area contributed by atoms with Crippen LogP contribution < -0.4 is 10.4 Å². The molecule has 0 atom stereocenters. The Morgan fingerprint density at radius 2 is 0.844 bits per heavy atom. The van der Waals surface area contributed by atoms with E-state index in [1.807, 2.05) is 36.4 Å². The molecule has 0 unspecified atom stereocenters. The van der Waals surface area contributed by atoms with E-state index >= 15 is 0 Å². The van der Waals surface area contributed by atoms with Gasteiger partial charge < -0.3 is 0 Å². The van der Waals surface area contributed by atoms with E-state index in [-0.39, 0.29) is 0 Å². The number of fused-ring (bicyclic) bond motifs is 3. The van der Waals surface area contributed by atoms with Crippen molar-refractivity contribution in [2.75, 3.05) is 0 Å². The summed E-state index contributed by atoms with van der Waals surface area (Å²) in [5.41, 5.74) is 12.8. The van der Waals surface area contributed by atoms with Gasteiger partial charge in [0.1, 0.15) is 8.07 Å². The predicted octanol–water partition coefficient (Wildman–Crippen LogP) is 9.61. The highest BCUT2D eigenvalue weighted by Crippen LogP contribution is 2.34. The highest BCUT2D eigenvalue weighted by Gasteiger charge is 2.39. The average molecular weight is 593 g/mol. The van der Waals surface area contributed by atoms with Gasteiger partial charge in [-0.25, -0.2) is 9.97 Å². The van der Waals surface area contributed by atoms with Crippen molar-refractivity contribution in [1.29, 1.82) is 0 Å². The third-order valence-corrected chi connectivity index (χ3v) is 12.7. The van der Waals surface area contributed by atoms with E-state index in [9.17, 15) is 0 Å². The lowest BCUT2D eigenvalue weighted by Crippen LogP contribution is -2.50. The first kappa shape index (κ1) is 27.2. The fourth-order valence-corrected chi connectivity index (χ4v) is 10.3. The molecule has 0 spiro atoms. The third kappa shape index (κ3) is 4.82. The standard InChI is InChI=1S/C42H32N2Si/c1-45(2)40-19-10-9-16-36(40)37-18-11-17-35(41(37)45)31-24-20-29(21-25-31)30-22-26-34(27-23-30)42-43-38(32-12-5-3-6-13-32)28-39(44-42)33-14-7-4-8-15-33/h3-28H,1-2H3. The van der Waals surface area contributed by atoms with Gasteiger partial charge >= 0.3 is 0 Å². The number of aromatic nitrogens is 2. The van der Waals surface area contributed by atoms with E-state index in [1.165, 1.54) is 33.4 Å². The molecule has 0 fully saturated rings. The quantitative estimate of drug-likeness (QED) is 0.186. The maximum Gasteiger partial charge on any atom is 0.160 e. The first-order valence-corrected chi connectivity index (χ1v) is 18.5. The second-order valence-electron chi connectivity index (χ2n) is 12.2. The van der Waals surface area contributed by atoms with Crippen molar-refractivity contribution in [3.63, 3.8) is 0 Å². The second-order valence-corrected chi connectivity index (χ2v) is 16.5. The third-order valence-electron chi connectivity index (χ3n) is 9.12. The summed E-state index contributed by atoms with van der Waals surface area (Å²) in [6.07, 6.45) is 0. The molecule has 0 radical (unpaired) electrons. The van der Waals surface area contributed by atoms with E-state index < -0.39 is 8.07 Å². The summed E-state index contributed by atoms with van der Waals surface area (Å²) >= 11 is 0. The van der Waals surface area contributed by atoms with Crippen molar-refractivity contribution in [2.24, 2.45) is 0 Å². The lowest BCUT2D eigenvalue weighted by Gasteiger charge is -2.22. The molecule has 7 aromatic rings. The van der Waals surface area contributed by atoms with Crippen LogP contribution in [-0.2, 0) is 0 Å². The first-order chi connectivity index (χ1) is 22.1. The Morgan fingerprint density at radius 1 is 0.378 bits per heavy atom. The lowest BCUT2D eigenvalue weighted by atomic mass is 9.97. The maximum atomic E-state index is 4.99. The zero-order valence-electron chi connectivity index (χ0n) is 25.4. The van der Waals surface area contributed by atoms with Crippen molar-refractivity contribution >= 4 is 18.4 Å². The van der Waals surface area contributed by atoms with Crippen LogP contribution in [0.25, 0.3) is 67.3 Å². The number of rotatable bonds is 5. The molecule has 1 aromatic heterocycles. The number of benzene rings is 6. The topological polar surface area (TPSA) is 25.8 Å². The molecular formula is C42H32N2Si. The summed E-state index contributed by atoms with van der Waals surface area (Å²) in [5, 5.41) is 3.09. The Hall–Kier alpha value is -5.38. The van der Waals surface area contributed by atoms with Crippen molar-refractivity contribution in [3.8, 4) is 67.3 Å². The van der Waals surface area contributed by atoms with Crippen molar-refractivity contribution in [1.82, 2.24) is 9.97 Å². The summed E-state index contributed by atoms with van der Waals surface area (Å²) in [6.45, 7) is 4.97. The molecule has 0 bridgehead atoms. The predicted molar refractivity (Wildman–Crippen MR) is 191 cm³/mol. The molecule has 0 saturated heterocycles. The normalized spacial score (nSPS) is 12.8. The van der Waals surface area contributed by atoms with Crippen molar-refractivity contribution in [3.05, 3.63) is 158 Å². The highest BCUT2D eigenvalue weighted by atomic mass is 28.3. The monoisotopic (exact) mass is 592 g/mol. The van der Waals surface area contributed by atoms with Crippen LogP contribution in [0.3, 0.4) is 0 Å². The Kier molecular flexibility index (Phi) is 6.62. The van der Waals surface area contributed by atoms with Crippen LogP contribution in [0.2, 0.25) is 13.1 Å². The van der Waals surface area contributed by atoms with Gasteiger partial charge in [0.15, 0.2) is 5.82 Å². The van der Waals surface area contributed by atoms with Crippen molar-refractivity contribution < 1.29 is 0 Å². The van der Waals surface area contributed by atoms with E-state index in [0.29, 0.717) is 0 Å². The van der Waals surface area contributed by atoms with Gasteiger partial charge in [0.2, 0.25) is 0 Å². The highest BCUT2D eigenvalue weighted by molar-refractivity contribution is 7.04. The number of hydrogen-bond donors (Lipinski definition) is 0.